The number of hydrogen-bond acceptors (Lipinski definition) is 5. The third-order valence-corrected chi connectivity index (χ3v) is 8.07. The molecule has 1 aromatic heterocycles. The molecular formula is C20H13ClN2O2S3. The highest BCUT2D eigenvalue weighted by atomic mass is 35.5. The van der Waals surface area contributed by atoms with E-state index in [1.54, 1.807) is 12.1 Å². The molecule has 2 aromatic carbocycles. The minimum Gasteiger partial charge on any atom is -0.332 e. The number of rotatable bonds is 2. The van der Waals surface area contributed by atoms with Gasteiger partial charge in [0.25, 0.3) is 0 Å². The van der Waals surface area contributed by atoms with E-state index in [0.717, 1.165) is 15.5 Å². The number of hydrogen-bond donors (Lipinski definition) is 1. The molecule has 0 aliphatic carbocycles. The number of imide groups is 1. The van der Waals surface area contributed by atoms with Crippen molar-refractivity contribution in [2.75, 3.05) is 4.90 Å². The Kier molecular flexibility index (Phi) is 4.43. The summed E-state index contributed by atoms with van der Waals surface area (Å²) in [6, 6.07) is 16.6. The van der Waals surface area contributed by atoms with Crippen LogP contribution in [0.3, 0.4) is 0 Å². The lowest BCUT2D eigenvalue weighted by Crippen LogP contribution is -2.32. The van der Waals surface area contributed by atoms with Gasteiger partial charge in [0, 0.05) is 15.8 Å². The molecule has 3 unspecified atom stereocenters. The number of nitrogens with zero attached hydrogens (tertiary/aromatic N) is 1. The second-order valence-electron chi connectivity index (χ2n) is 6.65. The zero-order valence-corrected chi connectivity index (χ0v) is 17.5. The van der Waals surface area contributed by atoms with Crippen LogP contribution >= 0.6 is 46.9 Å². The van der Waals surface area contributed by atoms with Gasteiger partial charge < -0.3 is 4.98 Å². The molecule has 0 bridgehead atoms. The number of nitrogens with one attached hydrogen (secondary N) is 1. The summed E-state index contributed by atoms with van der Waals surface area (Å²) in [5, 5.41) is 1.03. The topological polar surface area (TPSA) is 53.2 Å². The zero-order valence-electron chi connectivity index (χ0n) is 14.3. The number of benzene rings is 2. The predicted octanol–water partition coefficient (Wildman–Crippen LogP) is 5.25. The van der Waals surface area contributed by atoms with Crippen LogP contribution < -0.4 is 4.90 Å². The second kappa shape index (κ2) is 6.84. The predicted molar refractivity (Wildman–Crippen MR) is 115 cm³/mol. The first kappa shape index (κ1) is 18.1. The van der Waals surface area contributed by atoms with Crippen molar-refractivity contribution >= 4 is 64.4 Å². The van der Waals surface area contributed by atoms with Crippen LogP contribution in [0.25, 0.3) is 0 Å². The van der Waals surface area contributed by atoms with E-state index in [0.29, 0.717) is 14.7 Å². The van der Waals surface area contributed by atoms with Gasteiger partial charge in [-0.3, -0.25) is 9.59 Å². The summed E-state index contributed by atoms with van der Waals surface area (Å²) in [5.41, 5.74) is 1.57. The van der Waals surface area contributed by atoms with Gasteiger partial charge >= 0.3 is 0 Å². The zero-order chi connectivity index (χ0) is 19.4. The largest absolute Gasteiger partial charge is 0.332 e. The average molecular weight is 445 g/mol. The summed E-state index contributed by atoms with van der Waals surface area (Å²) in [7, 11) is 0. The van der Waals surface area contributed by atoms with Crippen LogP contribution in [0.1, 0.15) is 16.4 Å². The van der Waals surface area contributed by atoms with E-state index in [4.69, 9.17) is 23.8 Å². The van der Waals surface area contributed by atoms with Crippen LogP contribution in [0.4, 0.5) is 5.69 Å². The third kappa shape index (κ3) is 2.76. The number of amides is 2. The van der Waals surface area contributed by atoms with Crippen molar-refractivity contribution in [1.29, 1.82) is 0 Å². The highest BCUT2D eigenvalue weighted by molar-refractivity contribution is 8.01. The smallest absolute Gasteiger partial charge is 0.248 e. The van der Waals surface area contributed by atoms with Crippen molar-refractivity contribution in [1.82, 2.24) is 4.98 Å². The molecule has 0 spiro atoms. The van der Waals surface area contributed by atoms with E-state index in [9.17, 15) is 9.59 Å². The number of aromatic amines is 1. The van der Waals surface area contributed by atoms with Crippen LogP contribution in [-0.4, -0.2) is 22.0 Å². The molecule has 0 radical (unpaired) electrons. The first-order chi connectivity index (χ1) is 13.5. The summed E-state index contributed by atoms with van der Waals surface area (Å²) >= 11 is 14.3. The minimum atomic E-state index is -0.485. The molecule has 2 aliphatic rings. The van der Waals surface area contributed by atoms with Gasteiger partial charge in [0.15, 0.2) is 3.95 Å². The van der Waals surface area contributed by atoms with Crippen molar-refractivity contribution in [3.63, 3.8) is 0 Å². The molecule has 1 N–H and O–H groups in total. The Morgan fingerprint density at radius 2 is 1.71 bits per heavy atom. The Hall–Kier alpha value is -1.93. The number of H-pyrrole nitrogens is 1. The van der Waals surface area contributed by atoms with E-state index in [1.807, 2.05) is 42.5 Å². The Morgan fingerprint density at radius 1 is 1.00 bits per heavy atom. The van der Waals surface area contributed by atoms with E-state index < -0.39 is 11.2 Å². The van der Waals surface area contributed by atoms with Crippen LogP contribution in [-0.2, 0) is 9.59 Å². The molecule has 3 heterocycles. The Bertz CT molecular complexity index is 1140. The summed E-state index contributed by atoms with van der Waals surface area (Å²) in [6.07, 6.45) is 0. The summed E-state index contributed by atoms with van der Waals surface area (Å²) in [4.78, 5) is 32.2. The van der Waals surface area contributed by atoms with Gasteiger partial charge in [0.05, 0.1) is 16.6 Å². The standard InChI is InChI=1S/C20H13ClN2O2S3/c21-11-8-6-10(7-9-11)13-14-16(27-17-15(13)28-20(26)22-17)19(25)23(18(14)24)12-4-2-1-3-5-12/h1-9,13-14,16H,(H,22,26). The van der Waals surface area contributed by atoms with Gasteiger partial charge in [0.2, 0.25) is 11.8 Å². The highest BCUT2D eigenvalue weighted by Gasteiger charge is 2.56. The number of thioether (sulfide) groups is 1. The molecule has 140 valence electrons. The third-order valence-electron chi connectivity index (χ3n) is 5.07. The number of carbonyl (C=O) groups is 2. The van der Waals surface area contributed by atoms with Crippen LogP contribution in [0, 0.1) is 9.87 Å². The van der Waals surface area contributed by atoms with E-state index in [1.165, 1.54) is 28.0 Å². The maximum absolute atomic E-state index is 13.5. The van der Waals surface area contributed by atoms with E-state index in [-0.39, 0.29) is 17.7 Å². The molecule has 5 rings (SSSR count). The summed E-state index contributed by atoms with van der Waals surface area (Å²) in [6.45, 7) is 0. The molecule has 2 aliphatic heterocycles. The van der Waals surface area contributed by atoms with Gasteiger partial charge in [-0.25, -0.2) is 4.90 Å². The number of anilines is 1. The first-order valence-electron chi connectivity index (χ1n) is 8.62. The van der Waals surface area contributed by atoms with Crippen molar-refractivity contribution in [3.8, 4) is 0 Å². The molecule has 8 heteroatoms. The lowest BCUT2D eigenvalue weighted by atomic mass is 9.83. The number of fused-ring (bicyclic) bond motifs is 2. The van der Waals surface area contributed by atoms with Gasteiger partial charge in [-0.05, 0) is 42.0 Å². The second-order valence-corrected chi connectivity index (χ2v) is 9.96. The molecule has 3 aromatic rings. The fourth-order valence-electron chi connectivity index (χ4n) is 3.88. The molecule has 1 fully saturated rings. The van der Waals surface area contributed by atoms with Crippen LogP contribution in [0.2, 0.25) is 5.02 Å². The average Bonchev–Trinajstić information content (AvgIpc) is 3.18. The lowest BCUT2D eigenvalue weighted by Gasteiger charge is -2.29. The van der Waals surface area contributed by atoms with Crippen LogP contribution in [0.15, 0.2) is 59.6 Å². The number of halogens is 1. The SMILES string of the molecule is O=C1C2Sc3[nH]c(=S)sc3C(c3ccc(Cl)cc3)C2C(=O)N1c1ccccc1. The summed E-state index contributed by atoms with van der Waals surface area (Å²) in [5.74, 6) is -1.06. The monoisotopic (exact) mass is 444 g/mol. The maximum Gasteiger partial charge on any atom is 0.248 e. The first-order valence-corrected chi connectivity index (χ1v) is 11.1. The van der Waals surface area contributed by atoms with Crippen molar-refractivity contribution in [3.05, 3.63) is 74.0 Å². The van der Waals surface area contributed by atoms with Crippen LogP contribution in [0.5, 0.6) is 0 Å². The number of carbonyl (C=O) groups excluding carboxylic acids is 2. The molecule has 28 heavy (non-hydrogen) atoms. The van der Waals surface area contributed by atoms with Crippen molar-refractivity contribution in [2.24, 2.45) is 5.92 Å². The van der Waals surface area contributed by atoms with Gasteiger partial charge in [-0.2, -0.15) is 0 Å². The van der Waals surface area contributed by atoms with Gasteiger partial charge in [0.1, 0.15) is 5.25 Å². The maximum atomic E-state index is 13.5. The molecular weight excluding hydrogens is 432 g/mol. The fraction of sp³-hybridized carbons (Fsp3) is 0.150. The Balaban J connectivity index is 1.66. The molecule has 4 nitrogen and oxygen atoms in total. The summed E-state index contributed by atoms with van der Waals surface area (Å²) < 4.78 is 0.649. The Morgan fingerprint density at radius 3 is 2.43 bits per heavy atom. The number of aromatic nitrogens is 1. The molecule has 1 saturated heterocycles. The molecule has 0 saturated carbocycles. The van der Waals surface area contributed by atoms with E-state index >= 15 is 0 Å². The quantitative estimate of drug-likeness (QED) is 0.433. The van der Waals surface area contributed by atoms with Gasteiger partial charge in [-0.1, -0.05) is 53.7 Å². The van der Waals surface area contributed by atoms with Gasteiger partial charge in [-0.15, -0.1) is 11.3 Å². The fourth-order valence-corrected chi connectivity index (χ4v) is 6.96. The molecule has 2 amide bonds. The van der Waals surface area contributed by atoms with Crippen molar-refractivity contribution < 1.29 is 9.59 Å². The lowest BCUT2D eigenvalue weighted by molar-refractivity contribution is -0.122. The van der Waals surface area contributed by atoms with Crippen molar-refractivity contribution in [2.45, 2.75) is 16.2 Å². The Labute approximate surface area is 179 Å². The highest BCUT2D eigenvalue weighted by Crippen LogP contribution is 2.53. The number of thiazole rings is 1. The number of para-hydroxylation sites is 1. The minimum absolute atomic E-state index is 0.168. The molecule has 3 atom stereocenters. The normalized spacial score (nSPS) is 23.6. The van der Waals surface area contributed by atoms with E-state index in [2.05, 4.69) is 4.98 Å².